The molecule has 0 fully saturated rings. The molecule has 0 aliphatic carbocycles. The maximum Gasteiger partial charge on any atom is 0.307 e. The second-order valence-electron chi connectivity index (χ2n) is 6.29. The van der Waals surface area contributed by atoms with Crippen molar-refractivity contribution in [2.24, 2.45) is 10.1 Å². The van der Waals surface area contributed by atoms with E-state index < -0.39 is 0 Å². The number of methoxy groups -OCH3 is 2. The summed E-state index contributed by atoms with van der Waals surface area (Å²) in [4.78, 5) is 15.8. The lowest BCUT2D eigenvalue weighted by Gasteiger charge is -2.23. The first kappa shape index (κ1) is 18.8. The highest BCUT2D eigenvalue weighted by Gasteiger charge is 2.35. The summed E-state index contributed by atoms with van der Waals surface area (Å²) in [5.41, 5.74) is 2.74. The third-order valence-corrected chi connectivity index (χ3v) is 5.77. The number of hydrazone groups is 1. The molecule has 144 valence electrons. The first-order valence-corrected chi connectivity index (χ1v) is 10.0. The topological polar surface area (TPSA) is 63.5 Å². The van der Waals surface area contributed by atoms with E-state index in [0.717, 1.165) is 16.8 Å². The Labute approximate surface area is 172 Å². The van der Waals surface area contributed by atoms with E-state index in [2.05, 4.69) is 4.99 Å². The van der Waals surface area contributed by atoms with Crippen molar-refractivity contribution in [3.8, 4) is 11.5 Å². The molecule has 4 rings (SSSR count). The summed E-state index contributed by atoms with van der Waals surface area (Å²) in [6.45, 7) is 0. The van der Waals surface area contributed by atoms with Crippen molar-refractivity contribution in [1.29, 1.82) is 0 Å². The largest absolute Gasteiger partial charge is 0.493 e. The van der Waals surface area contributed by atoms with E-state index in [0.29, 0.717) is 34.5 Å². The Hall–Kier alpha value is -2.51. The lowest BCUT2D eigenvalue weighted by Crippen LogP contribution is -2.27. The zero-order valence-corrected chi connectivity index (χ0v) is 17.0. The molecular formula is C20H18ClN3O3S. The van der Waals surface area contributed by atoms with E-state index in [-0.39, 0.29) is 11.3 Å². The average Bonchev–Trinajstić information content (AvgIpc) is 3.34. The second-order valence-corrected chi connectivity index (χ2v) is 7.62. The molecule has 2 aromatic rings. The number of hydrogen-bond donors (Lipinski definition) is 0. The zero-order chi connectivity index (χ0) is 19.7. The van der Waals surface area contributed by atoms with Gasteiger partial charge in [0.2, 0.25) is 0 Å². The summed E-state index contributed by atoms with van der Waals surface area (Å²) in [5.74, 6) is 2.45. The molecule has 0 N–H and O–H groups in total. The Morgan fingerprint density at radius 3 is 2.61 bits per heavy atom. The van der Waals surface area contributed by atoms with E-state index in [9.17, 15) is 4.79 Å². The minimum absolute atomic E-state index is 0.115. The van der Waals surface area contributed by atoms with Gasteiger partial charge in [-0.05, 0) is 23.8 Å². The van der Waals surface area contributed by atoms with Gasteiger partial charge in [-0.1, -0.05) is 47.6 Å². The predicted molar refractivity (Wildman–Crippen MR) is 112 cm³/mol. The molecule has 0 radical (unpaired) electrons. The molecule has 2 aliphatic rings. The van der Waals surface area contributed by atoms with Gasteiger partial charge in [-0.3, -0.25) is 4.79 Å². The average molecular weight is 416 g/mol. The van der Waals surface area contributed by atoms with Crippen LogP contribution in [-0.4, -0.2) is 41.8 Å². The van der Waals surface area contributed by atoms with Crippen molar-refractivity contribution in [2.75, 3.05) is 20.0 Å². The van der Waals surface area contributed by atoms with Crippen LogP contribution in [0.25, 0.3) is 0 Å². The van der Waals surface area contributed by atoms with Gasteiger partial charge >= 0.3 is 5.24 Å². The Balaban J connectivity index is 1.75. The van der Waals surface area contributed by atoms with Gasteiger partial charge in [0.25, 0.3) is 0 Å². The zero-order valence-electron chi connectivity index (χ0n) is 15.4. The molecule has 28 heavy (non-hydrogen) atoms. The highest BCUT2D eigenvalue weighted by molar-refractivity contribution is 8.14. The summed E-state index contributed by atoms with van der Waals surface area (Å²) < 4.78 is 10.8. The van der Waals surface area contributed by atoms with E-state index in [1.54, 1.807) is 14.2 Å². The van der Waals surface area contributed by atoms with Crippen LogP contribution >= 0.6 is 23.4 Å². The first-order chi connectivity index (χ1) is 13.6. The van der Waals surface area contributed by atoms with Gasteiger partial charge in [-0.25, -0.2) is 5.01 Å². The molecule has 0 saturated heterocycles. The van der Waals surface area contributed by atoms with Crippen LogP contribution < -0.4 is 9.47 Å². The molecule has 0 aromatic heterocycles. The van der Waals surface area contributed by atoms with Crippen LogP contribution in [0.2, 0.25) is 5.02 Å². The summed E-state index contributed by atoms with van der Waals surface area (Å²) in [5, 5.41) is 7.07. The maximum absolute atomic E-state index is 11.7. The maximum atomic E-state index is 11.7. The Kier molecular flexibility index (Phi) is 5.28. The highest BCUT2D eigenvalue weighted by atomic mass is 35.5. The van der Waals surface area contributed by atoms with Crippen molar-refractivity contribution in [1.82, 2.24) is 5.01 Å². The van der Waals surface area contributed by atoms with Gasteiger partial charge in [0.1, 0.15) is 5.84 Å². The van der Waals surface area contributed by atoms with E-state index in [1.165, 1.54) is 11.8 Å². The van der Waals surface area contributed by atoms with Gasteiger partial charge in [-0.15, -0.1) is 0 Å². The van der Waals surface area contributed by atoms with Crippen molar-refractivity contribution < 1.29 is 14.3 Å². The lowest BCUT2D eigenvalue weighted by atomic mass is 9.98. The molecule has 2 aliphatic heterocycles. The number of halogens is 1. The van der Waals surface area contributed by atoms with Crippen LogP contribution in [0.1, 0.15) is 23.6 Å². The number of thioether (sulfide) groups is 1. The molecule has 0 bridgehead atoms. The summed E-state index contributed by atoms with van der Waals surface area (Å²) in [6.07, 6.45) is 0.636. The van der Waals surface area contributed by atoms with Crippen molar-refractivity contribution in [3.05, 3.63) is 58.6 Å². The molecule has 0 spiro atoms. The first-order valence-electron chi connectivity index (χ1n) is 8.68. The number of hydrogen-bond acceptors (Lipinski definition) is 6. The van der Waals surface area contributed by atoms with Gasteiger partial charge < -0.3 is 9.47 Å². The molecular weight excluding hydrogens is 398 g/mol. The quantitative estimate of drug-likeness (QED) is 0.719. The van der Waals surface area contributed by atoms with E-state index in [1.807, 2.05) is 47.5 Å². The van der Waals surface area contributed by atoms with E-state index >= 15 is 0 Å². The van der Waals surface area contributed by atoms with Gasteiger partial charge in [0.15, 0.2) is 11.5 Å². The fourth-order valence-electron chi connectivity index (χ4n) is 3.34. The molecule has 1 atom stereocenters. The summed E-state index contributed by atoms with van der Waals surface area (Å²) in [6, 6.07) is 13.3. The fourth-order valence-corrected chi connectivity index (χ4v) is 4.20. The number of amides is 1. The van der Waals surface area contributed by atoms with Crippen LogP contribution in [0.4, 0.5) is 4.79 Å². The number of carbonyl (C=O) groups is 1. The highest BCUT2D eigenvalue weighted by Crippen LogP contribution is 2.39. The van der Waals surface area contributed by atoms with Crippen LogP contribution in [0, 0.1) is 0 Å². The third kappa shape index (κ3) is 3.47. The Bertz CT molecular complexity index is 992. The summed E-state index contributed by atoms with van der Waals surface area (Å²) >= 11 is 7.57. The number of ether oxygens (including phenoxy) is 2. The molecule has 6 nitrogen and oxygen atoms in total. The fraction of sp³-hybridized carbons (Fsp3) is 0.250. The van der Waals surface area contributed by atoms with Crippen LogP contribution in [0.5, 0.6) is 11.5 Å². The molecule has 1 amide bonds. The van der Waals surface area contributed by atoms with Crippen LogP contribution in [0.3, 0.4) is 0 Å². The Morgan fingerprint density at radius 2 is 1.93 bits per heavy atom. The van der Waals surface area contributed by atoms with Gasteiger partial charge in [-0.2, -0.15) is 10.1 Å². The van der Waals surface area contributed by atoms with Crippen LogP contribution in [-0.2, 0) is 0 Å². The summed E-state index contributed by atoms with van der Waals surface area (Å²) in [7, 11) is 3.21. The molecule has 2 aromatic carbocycles. The van der Waals surface area contributed by atoms with Crippen molar-refractivity contribution in [3.63, 3.8) is 0 Å². The number of nitrogens with zero attached hydrogens (tertiary/aromatic N) is 3. The number of amidine groups is 1. The third-order valence-electron chi connectivity index (χ3n) is 4.70. The van der Waals surface area contributed by atoms with Crippen molar-refractivity contribution >= 4 is 40.1 Å². The minimum atomic E-state index is -0.192. The van der Waals surface area contributed by atoms with Gasteiger partial charge in [0, 0.05) is 17.0 Å². The molecule has 0 saturated carbocycles. The standard InChI is InChI=1S/C20H18ClN3O3S/c1-26-17-8-7-12(9-18(17)27-2)16-10-15(13-5-3-4-6-14(13)21)23-24(16)19-11-28-20(25)22-19/h3-9,16H,10-11H2,1-2H3. The molecule has 1 unspecified atom stereocenters. The predicted octanol–water partition coefficient (Wildman–Crippen LogP) is 4.77. The second kappa shape index (κ2) is 7.85. The normalized spacial score (nSPS) is 18.9. The molecule has 8 heteroatoms. The smallest absolute Gasteiger partial charge is 0.307 e. The lowest BCUT2D eigenvalue weighted by molar-refractivity contribution is 0.267. The molecule has 2 heterocycles. The Morgan fingerprint density at radius 1 is 1.14 bits per heavy atom. The van der Waals surface area contributed by atoms with Crippen molar-refractivity contribution in [2.45, 2.75) is 12.5 Å². The SMILES string of the molecule is COc1ccc(C2CC(c3ccccc3Cl)=NN2C2=NC(=O)SC2)cc1OC. The van der Waals surface area contributed by atoms with Gasteiger partial charge in [0.05, 0.1) is 31.7 Å². The van der Waals surface area contributed by atoms with E-state index in [4.69, 9.17) is 26.2 Å². The monoisotopic (exact) mass is 415 g/mol. The van der Waals surface area contributed by atoms with Crippen LogP contribution in [0.15, 0.2) is 52.6 Å². The minimum Gasteiger partial charge on any atom is -0.493 e. The number of rotatable bonds is 4. The number of benzene rings is 2. The number of aliphatic imine (C=N–C) groups is 1. The number of carbonyl (C=O) groups excluding carboxylic acids is 1.